The molecule has 2 heteroatoms. The van der Waals surface area contributed by atoms with Gasteiger partial charge in [0.2, 0.25) is 0 Å². The van der Waals surface area contributed by atoms with Crippen LogP contribution >= 0.6 is 0 Å². The van der Waals surface area contributed by atoms with Gasteiger partial charge in [0.05, 0.1) is 5.48 Å². The van der Waals surface area contributed by atoms with Crippen molar-refractivity contribution in [3.05, 3.63) is 224 Å². The van der Waals surface area contributed by atoms with E-state index in [9.17, 15) is 5.48 Å². The van der Waals surface area contributed by atoms with E-state index in [0.29, 0.717) is 16.9 Å². The molecule has 0 aliphatic carbocycles. The molecule has 0 fully saturated rings. The second kappa shape index (κ2) is 14.1. The Morgan fingerprint density at radius 3 is 1.59 bits per heavy atom. The molecule has 2 nitrogen and oxygen atoms in total. The van der Waals surface area contributed by atoms with Crippen LogP contribution < -0.4 is 4.90 Å². The van der Waals surface area contributed by atoms with Crippen molar-refractivity contribution in [2.45, 2.75) is 0 Å². The molecule has 11 aromatic rings. The average molecular weight is 744 g/mol. The summed E-state index contributed by atoms with van der Waals surface area (Å²) in [5.41, 5.74) is 10.2. The lowest BCUT2D eigenvalue weighted by molar-refractivity contribution is 0.670. The fraction of sp³-hybridized carbons (Fsp3) is 0. The first kappa shape index (κ1) is 29.6. The highest BCUT2D eigenvalue weighted by Gasteiger charge is 2.16. The van der Waals surface area contributed by atoms with E-state index in [4.69, 9.17) is 4.42 Å². The summed E-state index contributed by atoms with van der Waals surface area (Å²) in [4.78, 5) is 1.84. The molecule has 1 heterocycles. The van der Waals surface area contributed by atoms with Gasteiger partial charge in [0.15, 0.2) is 0 Å². The molecular formula is C56H37NO. The predicted molar refractivity (Wildman–Crippen MR) is 245 cm³/mol. The van der Waals surface area contributed by atoms with Gasteiger partial charge >= 0.3 is 0 Å². The molecule has 0 saturated carbocycles. The summed E-state index contributed by atoms with van der Waals surface area (Å²) in [6.45, 7) is 0. The molecule has 0 bridgehead atoms. The third kappa shape index (κ3) is 6.00. The molecule has 0 unspecified atom stereocenters. The molecule has 1 aromatic heterocycles. The van der Waals surface area contributed by atoms with Gasteiger partial charge in [-0.05, 0) is 109 Å². The Kier molecular flexibility index (Phi) is 7.20. The number of benzene rings is 10. The number of hydrogen-bond donors (Lipinski definition) is 0. The molecule has 0 amide bonds. The average Bonchev–Trinajstić information content (AvgIpc) is 3.72. The molecule has 0 atom stereocenters. The number of rotatable bonds is 7. The molecule has 0 N–H and O–H groups in total. The first-order valence-corrected chi connectivity index (χ1v) is 19.5. The van der Waals surface area contributed by atoms with E-state index in [1.54, 1.807) is 0 Å². The SMILES string of the molecule is [2H]c1c([2H])c(N(c2ccc(-c3cccc4ccccc34)cc2)c2ccc(-c3cccc4c3oc3ccccc34)cc2)c([2H])c([2H])c1-c1ccc(-c2ccc3ccccc3c2)cc1. The van der Waals surface area contributed by atoms with Crippen molar-refractivity contribution in [3.63, 3.8) is 0 Å². The summed E-state index contributed by atoms with van der Waals surface area (Å²) in [6.07, 6.45) is 0. The molecule has 58 heavy (non-hydrogen) atoms. The van der Waals surface area contributed by atoms with Crippen LogP contribution in [0.3, 0.4) is 0 Å². The summed E-state index contributed by atoms with van der Waals surface area (Å²) in [6, 6.07) is 66.8. The van der Waals surface area contributed by atoms with Gasteiger partial charge in [-0.1, -0.05) is 176 Å². The Labute approximate surface area is 343 Å². The number of nitrogens with zero attached hydrogens (tertiary/aromatic N) is 1. The number of fused-ring (bicyclic) bond motifs is 5. The quantitative estimate of drug-likeness (QED) is 0.162. The molecule has 0 aliphatic heterocycles. The van der Waals surface area contributed by atoms with Crippen LogP contribution in [0, 0.1) is 0 Å². The van der Waals surface area contributed by atoms with Gasteiger partial charge in [0, 0.05) is 33.4 Å². The molecule has 10 aromatic carbocycles. The maximum absolute atomic E-state index is 9.55. The lowest BCUT2D eigenvalue weighted by Gasteiger charge is -2.26. The highest BCUT2D eigenvalue weighted by molar-refractivity contribution is 6.09. The van der Waals surface area contributed by atoms with Crippen molar-refractivity contribution in [3.8, 4) is 44.5 Å². The van der Waals surface area contributed by atoms with Crippen LogP contribution in [-0.4, -0.2) is 0 Å². The molecule has 0 radical (unpaired) electrons. The summed E-state index contributed by atoms with van der Waals surface area (Å²) in [7, 11) is 0. The smallest absolute Gasteiger partial charge is 0.143 e. The van der Waals surface area contributed by atoms with Gasteiger partial charge in [-0.3, -0.25) is 0 Å². The van der Waals surface area contributed by atoms with E-state index in [-0.39, 0.29) is 35.4 Å². The van der Waals surface area contributed by atoms with Crippen molar-refractivity contribution >= 4 is 60.5 Å². The van der Waals surface area contributed by atoms with E-state index in [1.165, 1.54) is 5.39 Å². The number of furan rings is 1. The van der Waals surface area contributed by atoms with Crippen LogP contribution in [0.1, 0.15) is 5.48 Å². The van der Waals surface area contributed by atoms with Gasteiger partial charge in [-0.15, -0.1) is 0 Å². The van der Waals surface area contributed by atoms with E-state index >= 15 is 0 Å². The number of anilines is 3. The van der Waals surface area contributed by atoms with Gasteiger partial charge in [0.1, 0.15) is 11.2 Å². The Balaban J connectivity index is 1.02. The third-order valence-corrected chi connectivity index (χ3v) is 11.2. The Morgan fingerprint density at radius 1 is 0.328 bits per heavy atom. The highest BCUT2D eigenvalue weighted by Crippen LogP contribution is 2.41. The van der Waals surface area contributed by atoms with Crippen LogP contribution in [0.2, 0.25) is 0 Å². The first-order valence-electron chi connectivity index (χ1n) is 21.5. The Morgan fingerprint density at radius 2 is 0.845 bits per heavy atom. The minimum atomic E-state index is -0.131. The fourth-order valence-corrected chi connectivity index (χ4v) is 8.20. The monoisotopic (exact) mass is 743 g/mol. The third-order valence-electron chi connectivity index (χ3n) is 11.2. The van der Waals surface area contributed by atoms with Crippen molar-refractivity contribution < 1.29 is 9.90 Å². The molecule has 0 aliphatic rings. The van der Waals surface area contributed by atoms with E-state index in [2.05, 4.69) is 91.0 Å². The van der Waals surface area contributed by atoms with Gasteiger partial charge < -0.3 is 9.32 Å². The molecule has 0 saturated heterocycles. The van der Waals surface area contributed by atoms with E-state index in [0.717, 1.165) is 71.5 Å². The van der Waals surface area contributed by atoms with Crippen molar-refractivity contribution in [1.29, 1.82) is 0 Å². The van der Waals surface area contributed by atoms with Gasteiger partial charge in [0.25, 0.3) is 0 Å². The highest BCUT2D eigenvalue weighted by atomic mass is 16.3. The maximum atomic E-state index is 9.55. The zero-order valence-corrected chi connectivity index (χ0v) is 31.4. The molecule has 272 valence electrons. The minimum Gasteiger partial charge on any atom is -0.455 e. The first-order chi connectivity index (χ1) is 30.4. The Bertz CT molecular complexity index is 3470. The van der Waals surface area contributed by atoms with Crippen LogP contribution in [0.15, 0.2) is 229 Å². The summed E-state index contributed by atoms with van der Waals surface area (Å²) >= 11 is 0. The largest absolute Gasteiger partial charge is 0.455 e. The van der Waals surface area contributed by atoms with Crippen molar-refractivity contribution in [2.24, 2.45) is 0 Å². The van der Waals surface area contributed by atoms with Gasteiger partial charge in [-0.25, -0.2) is 0 Å². The summed E-state index contributed by atoms with van der Waals surface area (Å²) < 4.78 is 44.3. The predicted octanol–water partition coefficient (Wildman–Crippen LogP) is 16.0. The van der Waals surface area contributed by atoms with Crippen LogP contribution in [-0.2, 0) is 0 Å². The Hall–Kier alpha value is -7.68. The van der Waals surface area contributed by atoms with E-state index < -0.39 is 0 Å². The zero-order valence-electron chi connectivity index (χ0n) is 35.4. The summed E-state index contributed by atoms with van der Waals surface area (Å²) in [5, 5.41) is 6.73. The van der Waals surface area contributed by atoms with Crippen molar-refractivity contribution in [2.75, 3.05) is 4.90 Å². The van der Waals surface area contributed by atoms with E-state index in [1.807, 2.05) is 114 Å². The normalized spacial score (nSPS) is 12.4. The zero-order chi connectivity index (χ0) is 41.9. The molecular weight excluding hydrogens is 703 g/mol. The van der Waals surface area contributed by atoms with Crippen LogP contribution in [0.4, 0.5) is 17.1 Å². The topological polar surface area (TPSA) is 16.4 Å². The lowest BCUT2D eigenvalue weighted by Crippen LogP contribution is -2.09. The number of para-hydroxylation sites is 2. The second-order valence-corrected chi connectivity index (χ2v) is 14.6. The maximum Gasteiger partial charge on any atom is 0.143 e. The molecule has 11 rings (SSSR count). The second-order valence-electron chi connectivity index (χ2n) is 14.6. The standard InChI is InChI=1S/C56H37NO/c1-2-11-45-37-46(24-23-38(45)9-1)41-21-19-39(20-22-41)40-25-31-47(32-26-40)57(48-33-27-43(28-34-48)51-15-7-12-42-10-3-4-13-50(42)51)49-35-29-44(30-36-49)52-16-8-17-54-53-14-5-6-18-55(53)58-56(52)54/h1-37H/i25D,26D,31D,32D. The molecule has 0 spiro atoms. The van der Waals surface area contributed by atoms with Crippen LogP contribution in [0.5, 0.6) is 0 Å². The van der Waals surface area contributed by atoms with Gasteiger partial charge in [-0.2, -0.15) is 0 Å². The summed E-state index contributed by atoms with van der Waals surface area (Å²) in [5.74, 6) is 0. The van der Waals surface area contributed by atoms with Crippen molar-refractivity contribution in [1.82, 2.24) is 0 Å². The fourth-order valence-electron chi connectivity index (χ4n) is 8.20. The minimum absolute atomic E-state index is 0.106. The van der Waals surface area contributed by atoms with Crippen LogP contribution in [0.25, 0.3) is 88.0 Å². The number of hydrogen-bond acceptors (Lipinski definition) is 2. The lowest BCUT2D eigenvalue weighted by atomic mass is 9.97.